The highest BCUT2D eigenvalue weighted by Crippen LogP contribution is 2.32. The molecule has 6 nitrogen and oxygen atoms in total. The average molecular weight is 326 g/mol. The number of aromatic nitrogens is 1. The molecule has 9 heteroatoms. The normalized spacial score (nSPS) is 11.1. The van der Waals surface area contributed by atoms with Crippen LogP contribution in [0.4, 0.5) is 35.3 Å². The smallest absolute Gasteiger partial charge is 0.416 e. The maximum atomic E-state index is 12.9. The van der Waals surface area contributed by atoms with Crippen LogP contribution in [0.1, 0.15) is 11.1 Å². The van der Waals surface area contributed by atoms with Gasteiger partial charge in [-0.15, -0.1) is 0 Å². The quantitative estimate of drug-likeness (QED) is 0.690. The fraction of sp³-hybridized carbons (Fsp3) is 0.143. The van der Waals surface area contributed by atoms with Gasteiger partial charge in [0.1, 0.15) is 11.6 Å². The summed E-state index contributed by atoms with van der Waals surface area (Å²) in [5, 5.41) is 13.4. The van der Waals surface area contributed by atoms with Gasteiger partial charge in [0.15, 0.2) is 0 Å². The Morgan fingerprint density at radius 3 is 2.52 bits per heavy atom. The molecule has 0 atom stereocenters. The van der Waals surface area contributed by atoms with Crippen LogP contribution in [0.25, 0.3) is 0 Å². The molecule has 0 aliphatic rings. The Balaban J connectivity index is 2.13. The zero-order chi connectivity index (χ0) is 17.0. The maximum Gasteiger partial charge on any atom is 0.416 e. The van der Waals surface area contributed by atoms with Crippen molar-refractivity contribution >= 4 is 23.4 Å². The van der Waals surface area contributed by atoms with E-state index in [4.69, 9.17) is 10.8 Å². The van der Waals surface area contributed by atoms with E-state index in [0.717, 1.165) is 6.07 Å². The number of nitrogens with two attached hydrogens (primary N) is 1. The van der Waals surface area contributed by atoms with Gasteiger partial charge in [-0.05, 0) is 23.8 Å². The molecule has 0 aliphatic heterocycles. The summed E-state index contributed by atoms with van der Waals surface area (Å²) in [6.07, 6.45) is -5.74. The number of halogens is 3. The highest BCUT2D eigenvalue weighted by atomic mass is 19.4. The van der Waals surface area contributed by atoms with Crippen molar-refractivity contribution in [3.05, 3.63) is 47.5 Å². The van der Waals surface area contributed by atoms with Crippen LogP contribution in [0, 0.1) is 0 Å². The van der Waals surface area contributed by atoms with Crippen LogP contribution in [-0.2, 0) is 12.7 Å². The number of anilines is 3. The van der Waals surface area contributed by atoms with Gasteiger partial charge in [0.2, 0.25) is 0 Å². The zero-order valence-electron chi connectivity index (χ0n) is 11.7. The van der Waals surface area contributed by atoms with Crippen LogP contribution in [0.5, 0.6) is 0 Å². The van der Waals surface area contributed by atoms with Crippen LogP contribution in [0.15, 0.2) is 36.4 Å². The molecule has 0 saturated heterocycles. The van der Waals surface area contributed by atoms with Crippen LogP contribution >= 0.6 is 0 Å². The molecule has 122 valence electrons. The number of benzene rings is 1. The summed E-state index contributed by atoms with van der Waals surface area (Å²) in [4.78, 5) is 14.4. The fourth-order valence-electron chi connectivity index (χ4n) is 1.93. The molecule has 0 spiro atoms. The van der Waals surface area contributed by atoms with E-state index in [-0.39, 0.29) is 29.4 Å². The predicted octanol–water partition coefficient (Wildman–Crippen LogP) is 3.38. The lowest BCUT2D eigenvalue weighted by molar-refractivity contribution is -0.138. The Morgan fingerprint density at radius 1 is 1.22 bits per heavy atom. The predicted molar refractivity (Wildman–Crippen MR) is 79.1 cm³/mol. The molecule has 0 unspecified atom stereocenters. The Hall–Kier alpha value is -2.97. The van der Waals surface area contributed by atoms with E-state index >= 15 is 0 Å². The molecule has 2 rings (SSSR count). The van der Waals surface area contributed by atoms with Crippen molar-refractivity contribution in [1.29, 1.82) is 0 Å². The largest absolute Gasteiger partial charge is 0.465 e. The summed E-state index contributed by atoms with van der Waals surface area (Å²) < 4.78 is 38.7. The van der Waals surface area contributed by atoms with Gasteiger partial charge >= 0.3 is 12.3 Å². The number of nitrogens with one attached hydrogen (secondary N) is 2. The molecule has 1 amide bonds. The number of hydrogen-bond acceptors (Lipinski definition) is 4. The lowest BCUT2D eigenvalue weighted by atomic mass is 10.1. The number of amides is 1. The van der Waals surface area contributed by atoms with Crippen LogP contribution in [-0.4, -0.2) is 16.2 Å². The average Bonchev–Trinajstić information content (AvgIpc) is 2.46. The minimum absolute atomic E-state index is 0.0631. The molecule has 23 heavy (non-hydrogen) atoms. The monoisotopic (exact) mass is 326 g/mol. The number of alkyl halides is 3. The first kappa shape index (κ1) is 16.4. The Kier molecular flexibility index (Phi) is 4.58. The standard InChI is InChI=1S/C14H13F3N4O2/c15-14(16,17)9-4-2-1-3-8(9)7-19-11-6-5-10(12(18)21-11)20-13(22)23/h1-6,20H,7H2,(H,22,23)(H3,18,19,21). The Labute approximate surface area is 129 Å². The van der Waals surface area contributed by atoms with E-state index in [2.05, 4.69) is 15.6 Å². The second kappa shape index (κ2) is 6.42. The fourth-order valence-corrected chi connectivity index (χ4v) is 1.93. The third-order valence-corrected chi connectivity index (χ3v) is 2.95. The van der Waals surface area contributed by atoms with Gasteiger partial charge < -0.3 is 16.2 Å². The van der Waals surface area contributed by atoms with Crippen molar-refractivity contribution in [2.45, 2.75) is 12.7 Å². The molecule has 2 aromatic rings. The summed E-state index contributed by atoms with van der Waals surface area (Å²) in [7, 11) is 0. The molecule has 0 radical (unpaired) electrons. The van der Waals surface area contributed by atoms with Gasteiger partial charge in [-0.2, -0.15) is 13.2 Å². The van der Waals surface area contributed by atoms with Crippen LogP contribution in [0.2, 0.25) is 0 Å². The summed E-state index contributed by atoms with van der Waals surface area (Å²) in [6.45, 7) is -0.103. The SMILES string of the molecule is Nc1nc(NCc2ccccc2C(F)(F)F)ccc1NC(=O)O. The highest BCUT2D eigenvalue weighted by molar-refractivity contribution is 5.86. The number of pyridine rings is 1. The molecule has 0 aliphatic carbocycles. The van der Waals surface area contributed by atoms with Crippen LogP contribution in [0.3, 0.4) is 0 Å². The van der Waals surface area contributed by atoms with Gasteiger partial charge in [0.25, 0.3) is 0 Å². The zero-order valence-corrected chi connectivity index (χ0v) is 11.7. The lowest BCUT2D eigenvalue weighted by Gasteiger charge is -2.14. The van der Waals surface area contributed by atoms with Gasteiger partial charge in [0, 0.05) is 6.54 Å². The van der Waals surface area contributed by atoms with E-state index in [1.54, 1.807) is 0 Å². The minimum Gasteiger partial charge on any atom is -0.465 e. The number of carbonyl (C=O) groups is 1. The van der Waals surface area contributed by atoms with Crippen molar-refractivity contribution in [1.82, 2.24) is 4.98 Å². The minimum atomic E-state index is -4.44. The third kappa shape index (κ3) is 4.25. The first-order valence-electron chi connectivity index (χ1n) is 6.43. The van der Waals surface area contributed by atoms with E-state index < -0.39 is 17.8 Å². The first-order valence-corrected chi connectivity index (χ1v) is 6.43. The van der Waals surface area contributed by atoms with E-state index in [0.29, 0.717) is 0 Å². The number of nitrogen functional groups attached to an aromatic ring is 1. The molecule has 0 bridgehead atoms. The Morgan fingerprint density at radius 2 is 1.91 bits per heavy atom. The lowest BCUT2D eigenvalue weighted by Crippen LogP contribution is -2.13. The summed E-state index contributed by atoms with van der Waals surface area (Å²) in [6, 6.07) is 7.97. The van der Waals surface area contributed by atoms with E-state index in [1.165, 1.54) is 30.3 Å². The molecule has 0 saturated carbocycles. The third-order valence-electron chi connectivity index (χ3n) is 2.95. The van der Waals surface area contributed by atoms with Crippen molar-refractivity contribution in [2.24, 2.45) is 0 Å². The second-order valence-electron chi connectivity index (χ2n) is 4.57. The summed E-state index contributed by atoms with van der Waals surface area (Å²) >= 11 is 0. The van der Waals surface area contributed by atoms with E-state index in [1.807, 2.05) is 0 Å². The van der Waals surface area contributed by atoms with Gasteiger partial charge in [-0.3, -0.25) is 5.32 Å². The maximum absolute atomic E-state index is 12.9. The molecule has 1 heterocycles. The molecular weight excluding hydrogens is 313 g/mol. The summed E-state index contributed by atoms with van der Waals surface area (Å²) in [5.74, 6) is 0.150. The number of hydrogen-bond donors (Lipinski definition) is 4. The number of carboxylic acid groups (broad SMARTS) is 1. The van der Waals surface area contributed by atoms with Crippen molar-refractivity contribution < 1.29 is 23.1 Å². The second-order valence-corrected chi connectivity index (χ2v) is 4.57. The van der Waals surface area contributed by atoms with Crippen molar-refractivity contribution in [2.75, 3.05) is 16.4 Å². The van der Waals surface area contributed by atoms with Crippen molar-refractivity contribution in [3.8, 4) is 0 Å². The van der Waals surface area contributed by atoms with E-state index in [9.17, 15) is 18.0 Å². The summed E-state index contributed by atoms with van der Waals surface area (Å²) in [5.41, 5.74) is 5.01. The molecule has 1 aromatic heterocycles. The molecule has 1 aromatic carbocycles. The highest BCUT2D eigenvalue weighted by Gasteiger charge is 2.32. The molecule has 0 fully saturated rings. The van der Waals surface area contributed by atoms with Gasteiger partial charge in [0.05, 0.1) is 11.3 Å². The molecule has 5 N–H and O–H groups in total. The van der Waals surface area contributed by atoms with Crippen LogP contribution < -0.4 is 16.4 Å². The van der Waals surface area contributed by atoms with Gasteiger partial charge in [-0.1, -0.05) is 18.2 Å². The first-order chi connectivity index (χ1) is 10.8. The molecular formula is C14H13F3N4O2. The van der Waals surface area contributed by atoms with Crippen molar-refractivity contribution in [3.63, 3.8) is 0 Å². The Bertz CT molecular complexity index is 719. The number of rotatable bonds is 4. The topological polar surface area (TPSA) is 100 Å². The number of nitrogens with zero attached hydrogens (tertiary/aromatic N) is 1. The van der Waals surface area contributed by atoms with Gasteiger partial charge in [-0.25, -0.2) is 9.78 Å².